The Bertz CT molecular complexity index is 542. The molecule has 0 aliphatic rings. The summed E-state index contributed by atoms with van der Waals surface area (Å²) in [6.45, 7) is 2.15. The van der Waals surface area contributed by atoms with E-state index in [1.54, 1.807) is 23.0 Å². The number of hydrogen-bond donors (Lipinski definition) is 2. The fraction of sp³-hybridized carbons (Fsp3) is 0.400. The molecule has 0 radical (unpaired) electrons. The second-order valence-corrected chi connectivity index (χ2v) is 4.85. The first kappa shape index (κ1) is 15.6. The topological polar surface area (TPSA) is 61.5 Å². The molecule has 0 amide bonds. The van der Waals surface area contributed by atoms with Crippen LogP contribution in [0.2, 0.25) is 0 Å². The van der Waals surface area contributed by atoms with Gasteiger partial charge in [0.2, 0.25) is 0 Å². The van der Waals surface area contributed by atoms with Gasteiger partial charge >= 0.3 is 0 Å². The van der Waals surface area contributed by atoms with Gasteiger partial charge < -0.3 is 10.2 Å². The maximum atomic E-state index is 12.9. The van der Waals surface area contributed by atoms with Crippen LogP contribution in [0.25, 0.3) is 5.69 Å². The first-order valence-electron chi connectivity index (χ1n) is 6.96. The lowest BCUT2D eigenvalue weighted by Crippen LogP contribution is -2.28. The van der Waals surface area contributed by atoms with E-state index in [0.717, 1.165) is 17.8 Å². The van der Waals surface area contributed by atoms with Gasteiger partial charge in [-0.05, 0) is 30.7 Å². The van der Waals surface area contributed by atoms with E-state index in [1.165, 1.54) is 12.1 Å². The Hall–Kier alpha value is -1.76. The van der Waals surface area contributed by atoms with Gasteiger partial charge in [-0.25, -0.2) is 9.07 Å². The van der Waals surface area contributed by atoms with Crippen molar-refractivity contribution in [2.75, 3.05) is 26.3 Å². The predicted molar refractivity (Wildman–Crippen MR) is 77.6 cm³/mol. The minimum absolute atomic E-state index is 0.0809. The van der Waals surface area contributed by atoms with Crippen molar-refractivity contribution in [1.82, 2.24) is 14.7 Å². The van der Waals surface area contributed by atoms with E-state index in [4.69, 9.17) is 10.2 Å². The minimum Gasteiger partial charge on any atom is -0.396 e. The molecule has 0 aliphatic carbocycles. The van der Waals surface area contributed by atoms with Crippen LogP contribution >= 0.6 is 0 Å². The minimum atomic E-state index is -0.274. The Balaban J connectivity index is 2.02. The molecule has 0 aliphatic heterocycles. The third-order valence-electron chi connectivity index (χ3n) is 3.18. The van der Waals surface area contributed by atoms with Crippen LogP contribution in [0, 0.1) is 5.82 Å². The Morgan fingerprint density at radius 3 is 2.52 bits per heavy atom. The Morgan fingerprint density at radius 2 is 1.86 bits per heavy atom. The van der Waals surface area contributed by atoms with Gasteiger partial charge in [0.05, 0.1) is 18.5 Å². The largest absolute Gasteiger partial charge is 0.396 e. The first-order valence-corrected chi connectivity index (χ1v) is 6.96. The third kappa shape index (κ3) is 4.63. The molecule has 2 aromatic rings. The maximum absolute atomic E-state index is 12.9. The zero-order chi connectivity index (χ0) is 15.1. The van der Waals surface area contributed by atoms with E-state index in [1.807, 2.05) is 6.20 Å². The van der Waals surface area contributed by atoms with E-state index >= 15 is 0 Å². The number of aliphatic hydroxyl groups is 2. The molecule has 0 saturated heterocycles. The summed E-state index contributed by atoms with van der Waals surface area (Å²) in [7, 11) is 0. The molecule has 1 aromatic heterocycles. The lowest BCUT2D eigenvalue weighted by molar-refractivity contribution is 0.174. The summed E-state index contributed by atoms with van der Waals surface area (Å²) >= 11 is 0. The average Bonchev–Trinajstić information content (AvgIpc) is 2.94. The Labute approximate surface area is 123 Å². The van der Waals surface area contributed by atoms with E-state index in [2.05, 4.69) is 10.00 Å². The second kappa shape index (κ2) is 7.87. The van der Waals surface area contributed by atoms with E-state index in [9.17, 15) is 4.39 Å². The molecule has 0 bridgehead atoms. The number of halogens is 1. The fourth-order valence-corrected chi connectivity index (χ4v) is 2.14. The Kier molecular flexibility index (Phi) is 5.86. The van der Waals surface area contributed by atoms with Gasteiger partial charge in [0, 0.05) is 38.0 Å². The smallest absolute Gasteiger partial charge is 0.123 e. The Morgan fingerprint density at radius 1 is 1.10 bits per heavy atom. The molecule has 0 spiro atoms. The summed E-state index contributed by atoms with van der Waals surface area (Å²) in [6, 6.07) is 6.14. The van der Waals surface area contributed by atoms with Crippen molar-refractivity contribution in [2.45, 2.75) is 13.0 Å². The molecule has 0 unspecified atom stereocenters. The number of benzene rings is 1. The van der Waals surface area contributed by atoms with Crippen LogP contribution in [0.5, 0.6) is 0 Å². The van der Waals surface area contributed by atoms with Crippen LogP contribution in [0.3, 0.4) is 0 Å². The zero-order valence-electron chi connectivity index (χ0n) is 11.8. The molecule has 1 aromatic carbocycles. The quantitative estimate of drug-likeness (QED) is 0.767. The number of nitrogens with zero attached hydrogens (tertiary/aromatic N) is 3. The molecule has 6 heteroatoms. The average molecular weight is 293 g/mol. The van der Waals surface area contributed by atoms with Crippen molar-refractivity contribution in [3.8, 4) is 5.69 Å². The summed E-state index contributed by atoms with van der Waals surface area (Å²) < 4.78 is 14.6. The van der Waals surface area contributed by atoms with Gasteiger partial charge in [-0.3, -0.25) is 4.90 Å². The SMILES string of the molecule is OCCCN(CCO)Cc1cnn(-c2ccc(F)cc2)c1. The molecule has 21 heavy (non-hydrogen) atoms. The summed E-state index contributed by atoms with van der Waals surface area (Å²) in [6.07, 6.45) is 4.31. The highest BCUT2D eigenvalue weighted by atomic mass is 19.1. The molecular weight excluding hydrogens is 273 g/mol. The van der Waals surface area contributed by atoms with Crippen LogP contribution in [-0.4, -0.2) is 51.2 Å². The number of rotatable bonds is 8. The lowest BCUT2D eigenvalue weighted by atomic mass is 10.3. The molecule has 114 valence electrons. The van der Waals surface area contributed by atoms with Gasteiger partial charge in [0.15, 0.2) is 0 Å². The molecular formula is C15H20FN3O2. The molecule has 5 nitrogen and oxygen atoms in total. The van der Waals surface area contributed by atoms with E-state index < -0.39 is 0 Å². The highest BCUT2D eigenvalue weighted by molar-refractivity contribution is 5.31. The standard InChI is InChI=1S/C15H20FN3O2/c16-14-2-4-15(5-3-14)19-12-13(10-17-19)11-18(7-9-21)6-1-8-20/h2-5,10,12,20-21H,1,6-9,11H2. The van der Waals surface area contributed by atoms with Crippen LogP contribution in [-0.2, 0) is 6.54 Å². The van der Waals surface area contributed by atoms with E-state index in [-0.39, 0.29) is 19.0 Å². The van der Waals surface area contributed by atoms with Gasteiger partial charge in [-0.2, -0.15) is 5.10 Å². The van der Waals surface area contributed by atoms with Crippen molar-refractivity contribution in [3.05, 3.63) is 48.0 Å². The molecule has 0 atom stereocenters. The van der Waals surface area contributed by atoms with Gasteiger partial charge in [0.1, 0.15) is 5.82 Å². The normalized spacial score (nSPS) is 11.2. The fourth-order valence-electron chi connectivity index (χ4n) is 2.14. The van der Waals surface area contributed by atoms with Crippen molar-refractivity contribution in [3.63, 3.8) is 0 Å². The number of aromatic nitrogens is 2. The zero-order valence-corrected chi connectivity index (χ0v) is 11.8. The maximum Gasteiger partial charge on any atom is 0.123 e. The first-order chi connectivity index (χ1) is 10.2. The number of aliphatic hydroxyl groups excluding tert-OH is 2. The van der Waals surface area contributed by atoms with E-state index in [0.29, 0.717) is 19.5 Å². The van der Waals surface area contributed by atoms with Gasteiger partial charge in [-0.1, -0.05) is 0 Å². The van der Waals surface area contributed by atoms with Crippen molar-refractivity contribution in [1.29, 1.82) is 0 Å². The molecule has 1 heterocycles. The van der Waals surface area contributed by atoms with Crippen molar-refractivity contribution >= 4 is 0 Å². The van der Waals surface area contributed by atoms with Crippen LogP contribution in [0.4, 0.5) is 4.39 Å². The summed E-state index contributed by atoms with van der Waals surface area (Å²) in [5, 5.41) is 22.2. The van der Waals surface area contributed by atoms with Crippen molar-refractivity contribution < 1.29 is 14.6 Å². The lowest BCUT2D eigenvalue weighted by Gasteiger charge is -2.19. The highest BCUT2D eigenvalue weighted by Gasteiger charge is 2.08. The summed E-state index contributed by atoms with van der Waals surface area (Å²) in [5.41, 5.74) is 1.80. The van der Waals surface area contributed by atoms with Crippen molar-refractivity contribution in [2.24, 2.45) is 0 Å². The van der Waals surface area contributed by atoms with Crippen LogP contribution in [0.15, 0.2) is 36.7 Å². The highest BCUT2D eigenvalue weighted by Crippen LogP contribution is 2.11. The molecule has 0 saturated carbocycles. The van der Waals surface area contributed by atoms with Crippen LogP contribution in [0.1, 0.15) is 12.0 Å². The van der Waals surface area contributed by atoms with Gasteiger partial charge in [0.25, 0.3) is 0 Å². The molecule has 2 N–H and O–H groups in total. The summed E-state index contributed by atoms with van der Waals surface area (Å²) in [5.74, 6) is -0.274. The monoisotopic (exact) mass is 293 g/mol. The second-order valence-electron chi connectivity index (χ2n) is 4.85. The third-order valence-corrected chi connectivity index (χ3v) is 3.18. The van der Waals surface area contributed by atoms with Crippen LogP contribution < -0.4 is 0 Å². The molecule has 0 fully saturated rings. The number of hydrogen-bond acceptors (Lipinski definition) is 4. The summed E-state index contributed by atoms with van der Waals surface area (Å²) in [4.78, 5) is 2.06. The molecule has 2 rings (SSSR count). The predicted octanol–water partition coefficient (Wildman–Crippen LogP) is 1.19. The van der Waals surface area contributed by atoms with Gasteiger partial charge in [-0.15, -0.1) is 0 Å².